The van der Waals surface area contributed by atoms with Gasteiger partial charge in [0.2, 0.25) is 5.91 Å². The molecule has 4 amide bonds. The van der Waals surface area contributed by atoms with Crippen molar-refractivity contribution in [1.82, 2.24) is 15.5 Å². The van der Waals surface area contributed by atoms with Crippen LogP contribution in [0.15, 0.2) is 18.2 Å². The summed E-state index contributed by atoms with van der Waals surface area (Å²) in [7, 11) is 0. The molecule has 1 aliphatic carbocycles. The van der Waals surface area contributed by atoms with Gasteiger partial charge in [0, 0.05) is 6.54 Å². The van der Waals surface area contributed by atoms with Crippen LogP contribution in [0.1, 0.15) is 45.6 Å². The maximum absolute atomic E-state index is 13.1. The highest BCUT2D eigenvalue weighted by Crippen LogP contribution is 2.46. The van der Waals surface area contributed by atoms with Crippen LogP contribution in [0.4, 0.5) is 4.79 Å². The minimum Gasteiger partial charge on any atom is -0.486 e. The van der Waals surface area contributed by atoms with Gasteiger partial charge in [-0.25, -0.2) is 4.79 Å². The first-order chi connectivity index (χ1) is 14.7. The van der Waals surface area contributed by atoms with E-state index in [-0.39, 0.29) is 23.8 Å². The fourth-order valence-corrected chi connectivity index (χ4v) is 5.44. The normalized spacial score (nSPS) is 26.7. The van der Waals surface area contributed by atoms with Gasteiger partial charge >= 0.3 is 6.03 Å². The average Bonchev–Trinajstić information content (AvgIpc) is 2.89. The van der Waals surface area contributed by atoms with Crippen LogP contribution >= 0.6 is 0 Å². The lowest BCUT2D eigenvalue weighted by Crippen LogP contribution is -2.54. The molecule has 3 aliphatic rings. The Morgan fingerprint density at radius 1 is 1.19 bits per heavy atom. The van der Waals surface area contributed by atoms with Crippen LogP contribution in [-0.4, -0.2) is 54.6 Å². The molecule has 2 N–H and O–H groups in total. The van der Waals surface area contributed by atoms with E-state index in [1.54, 1.807) is 0 Å². The van der Waals surface area contributed by atoms with E-state index in [4.69, 9.17) is 9.47 Å². The molecule has 0 aromatic heterocycles. The number of carbonyl (C=O) groups excluding carboxylic acids is 3. The molecular weight excluding hydrogens is 398 g/mol. The largest absolute Gasteiger partial charge is 0.486 e. The molecule has 1 aromatic carbocycles. The minimum absolute atomic E-state index is 0.0392. The van der Waals surface area contributed by atoms with Crippen molar-refractivity contribution in [2.45, 2.75) is 52.0 Å². The second-order valence-electron chi connectivity index (χ2n) is 9.84. The van der Waals surface area contributed by atoms with Crippen molar-refractivity contribution >= 4 is 17.8 Å². The highest BCUT2D eigenvalue weighted by Gasteiger charge is 2.56. The Labute approximate surface area is 182 Å². The third-order valence-corrected chi connectivity index (χ3v) is 6.27. The molecule has 31 heavy (non-hydrogen) atoms. The molecule has 1 aromatic rings. The van der Waals surface area contributed by atoms with E-state index in [1.807, 2.05) is 18.2 Å². The van der Waals surface area contributed by atoms with Crippen LogP contribution in [0, 0.1) is 11.3 Å². The fourth-order valence-electron chi connectivity index (χ4n) is 5.44. The summed E-state index contributed by atoms with van der Waals surface area (Å²) in [5.74, 6) is 1.14. The van der Waals surface area contributed by atoms with Crippen molar-refractivity contribution in [3.05, 3.63) is 23.8 Å². The van der Waals surface area contributed by atoms with Gasteiger partial charge < -0.3 is 20.1 Å². The van der Waals surface area contributed by atoms with Gasteiger partial charge in [-0.3, -0.25) is 14.5 Å². The summed E-state index contributed by atoms with van der Waals surface area (Å²) < 4.78 is 11.1. The zero-order chi connectivity index (χ0) is 22.2. The second-order valence-corrected chi connectivity index (χ2v) is 9.84. The monoisotopic (exact) mass is 429 g/mol. The molecule has 0 unspecified atom stereocenters. The summed E-state index contributed by atoms with van der Waals surface area (Å²) in [6.45, 7) is 7.56. The standard InChI is InChI=1S/C23H31N3O5/c1-15-11-22(2,3)14-23(12-15)20(28)26(21(29)25-23)13-19(27)24-7-6-16-4-5-17-18(10-16)31-9-8-30-17/h4-5,10,15H,6-9,11-14H2,1-3H3,(H,24,27)(H,25,29)/t15-,23-/m1/s1. The van der Waals surface area contributed by atoms with Crippen LogP contribution in [0.5, 0.6) is 11.5 Å². The van der Waals surface area contributed by atoms with E-state index in [9.17, 15) is 14.4 Å². The molecule has 1 saturated heterocycles. The Bertz CT molecular complexity index is 899. The summed E-state index contributed by atoms with van der Waals surface area (Å²) in [5, 5.41) is 5.71. The lowest BCUT2D eigenvalue weighted by atomic mass is 9.64. The third kappa shape index (κ3) is 4.48. The Balaban J connectivity index is 1.31. The van der Waals surface area contributed by atoms with Gasteiger partial charge in [0.1, 0.15) is 25.3 Å². The van der Waals surface area contributed by atoms with Crippen molar-refractivity contribution in [3.63, 3.8) is 0 Å². The first kappa shape index (κ1) is 21.5. The van der Waals surface area contributed by atoms with Gasteiger partial charge in [0.25, 0.3) is 5.91 Å². The average molecular weight is 430 g/mol. The molecule has 0 bridgehead atoms. The van der Waals surface area contributed by atoms with E-state index < -0.39 is 11.6 Å². The van der Waals surface area contributed by atoms with Gasteiger partial charge in [-0.05, 0) is 54.7 Å². The van der Waals surface area contributed by atoms with Crippen LogP contribution in [0.25, 0.3) is 0 Å². The van der Waals surface area contributed by atoms with E-state index in [2.05, 4.69) is 31.4 Å². The number of urea groups is 1. The molecule has 2 atom stereocenters. The molecule has 2 heterocycles. The molecule has 2 fully saturated rings. The lowest BCUT2D eigenvalue weighted by molar-refractivity contribution is -0.137. The summed E-state index contributed by atoms with van der Waals surface area (Å²) >= 11 is 0. The number of amides is 4. The predicted molar refractivity (Wildman–Crippen MR) is 114 cm³/mol. The Morgan fingerprint density at radius 3 is 2.68 bits per heavy atom. The molecule has 1 spiro atoms. The number of nitrogens with one attached hydrogen (secondary N) is 2. The van der Waals surface area contributed by atoms with Crippen LogP contribution < -0.4 is 20.1 Å². The third-order valence-electron chi connectivity index (χ3n) is 6.27. The van der Waals surface area contributed by atoms with Gasteiger partial charge in [0.15, 0.2) is 11.5 Å². The van der Waals surface area contributed by atoms with Gasteiger partial charge in [-0.15, -0.1) is 0 Å². The summed E-state index contributed by atoms with van der Waals surface area (Å²) in [6, 6.07) is 5.24. The Kier molecular flexibility index (Phi) is 5.58. The quantitative estimate of drug-likeness (QED) is 0.700. The highest BCUT2D eigenvalue weighted by atomic mass is 16.6. The number of hydrogen-bond donors (Lipinski definition) is 2. The first-order valence-electron chi connectivity index (χ1n) is 11.0. The van der Waals surface area contributed by atoms with Crippen LogP contribution in [0.3, 0.4) is 0 Å². The lowest BCUT2D eigenvalue weighted by Gasteiger charge is -2.43. The number of nitrogens with zero attached hydrogens (tertiary/aromatic N) is 1. The number of ether oxygens (including phenoxy) is 2. The van der Waals surface area contributed by atoms with Gasteiger partial charge in [-0.2, -0.15) is 0 Å². The first-order valence-corrected chi connectivity index (χ1v) is 11.0. The highest BCUT2D eigenvalue weighted by molar-refractivity contribution is 6.09. The number of fused-ring (bicyclic) bond motifs is 1. The van der Waals surface area contributed by atoms with Crippen LogP contribution in [-0.2, 0) is 16.0 Å². The molecule has 8 nitrogen and oxygen atoms in total. The van der Waals surface area contributed by atoms with Crippen LogP contribution in [0.2, 0.25) is 0 Å². The minimum atomic E-state index is -0.885. The number of imide groups is 1. The van der Waals surface area contributed by atoms with Gasteiger partial charge in [0.05, 0.1) is 0 Å². The number of benzene rings is 1. The summed E-state index contributed by atoms with van der Waals surface area (Å²) in [4.78, 5) is 39.2. The number of carbonyl (C=O) groups is 3. The molecular formula is C23H31N3O5. The molecule has 168 valence electrons. The topological polar surface area (TPSA) is 97.0 Å². The molecule has 1 saturated carbocycles. The maximum atomic E-state index is 13.1. The molecule has 8 heteroatoms. The van der Waals surface area contributed by atoms with E-state index in [0.29, 0.717) is 50.7 Å². The molecule has 4 rings (SSSR count). The Morgan fingerprint density at radius 2 is 1.94 bits per heavy atom. The predicted octanol–water partition coefficient (Wildman–Crippen LogP) is 2.25. The van der Waals surface area contributed by atoms with Crippen molar-refractivity contribution in [3.8, 4) is 11.5 Å². The zero-order valence-corrected chi connectivity index (χ0v) is 18.5. The number of rotatable bonds is 5. The van der Waals surface area contributed by atoms with Crippen molar-refractivity contribution in [2.24, 2.45) is 11.3 Å². The van der Waals surface area contributed by atoms with Crippen molar-refractivity contribution in [1.29, 1.82) is 0 Å². The van der Waals surface area contributed by atoms with Crippen molar-refractivity contribution in [2.75, 3.05) is 26.3 Å². The molecule has 2 aliphatic heterocycles. The van der Waals surface area contributed by atoms with E-state index >= 15 is 0 Å². The number of hydrogen-bond acceptors (Lipinski definition) is 5. The Hall–Kier alpha value is -2.77. The summed E-state index contributed by atoms with van der Waals surface area (Å²) in [6.07, 6.45) is 2.83. The maximum Gasteiger partial charge on any atom is 0.325 e. The smallest absolute Gasteiger partial charge is 0.325 e. The summed E-state index contributed by atoms with van der Waals surface area (Å²) in [5.41, 5.74) is 0.0867. The van der Waals surface area contributed by atoms with Gasteiger partial charge in [-0.1, -0.05) is 26.8 Å². The SMILES string of the molecule is C[C@@H]1CC(C)(C)C[C@@]2(C1)NC(=O)N(CC(=O)NCCc1ccc3c(c1)OCCO3)C2=O. The second kappa shape index (κ2) is 8.05. The zero-order valence-electron chi connectivity index (χ0n) is 18.5. The fraction of sp³-hybridized carbons (Fsp3) is 0.609. The van der Waals surface area contributed by atoms with E-state index in [1.165, 1.54) is 0 Å². The molecule has 0 radical (unpaired) electrons. The van der Waals surface area contributed by atoms with E-state index in [0.717, 1.165) is 22.6 Å². The van der Waals surface area contributed by atoms with Crippen molar-refractivity contribution < 1.29 is 23.9 Å².